The van der Waals surface area contributed by atoms with Crippen molar-refractivity contribution in [3.63, 3.8) is 0 Å². The van der Waals surface area contributed by atoms with Crippen molar-refractivity contribution in [2.75, 3.05) is 26.2 Å². The fourth-order valence-corrected chi connectivity index (χ4v) is 4.16. The lowest BCUT2D eigenvalue weighted by atomic mass is 9.79. The molecule has 0 saturated carbocycles. The summed E-state index contributed by atoms with van der Waals surface area (Å²) in [6, 6.07) is 13.0. The van der Waals surface area contributed by atoms with E-state index in [1.54, 1.807) is 56.2 Å². The normalized spacial score (nSPS) is 14.4. The number of carbonyl (C=O) groups excluding carboxylic acids is 2. The van der Waals surface area contributed by atoms with Crippen LogP contribution in [0.4, 0.5) is 14.5 Å². The molecule has 0 unspecified atom stereocenters. The van der Waals surface area contributed by atoms with E-state index in [1.807, 2.05) is 0 Å². The molecule has 0 saturated heterocycles. The van der Waals surface area contributed by atoms with Gasteiger partial charge in [0.05, 0.1) is 38.4 Å². The van der Waals surface area contributed by atoms with Crippen molar-refractivity contribution in [2.24, 2.45) is 0 Å². The Labute approximate surface area is 196 Å². The van der Waals surface area contributed by atoms with E-state index in [4.69, 9.17) is 18.9 Å². The highest BCUT2D eigenvalue weighted by Crippen LogP contribution is 2.47. The van der Waals surface area contributed by atoms with Crippen molar-refractivity contribution in [1.29, 1.82) is 0 Å². The third-order valence-corrected chi connectivity index (χ3v) is 5.62. The summed E-state index contributed by atoms with van der Waals surface area (Å²) in [6.07, 6.45) is 0. The second-order valence-electron chi connectivity index (χ2n) is 7.36. The van der Waals surface area contributed by atoms with Gasteiger partial charge >= 0.3 is 18.6 Å². The molecule has 180 valence electrons. The van der Waals surface area contributed by atoms with Gasteiger partial charge in [-0.25, -0.2) is 9.59 Å². The molecule has 0 fully saturated rings. The van der Waals surface area contributed by atoms with Crippen LogP contribution in [0.1, 0.15) is 25.3 Å². The van der Waals surface area contributed by atoms with Crippen LogP contribution in [-0.4, -0.2) is 39.9 Å². The van der Waals surface area contributed by atoms with E-state index in [-0.39, 0.29) is 22.5 Å². The van der Waals surface area contributed by atoms with Gasteiger partial charge in [-0.3, -0.25) is 0 Å². The Kier molecular flexibility index (Phi) is 7.55. The van der Waals surface area contributed by atoms with Gasteiger partial charge in [-0.2, -0.15) is 8.78 Å². The molecule has 9 heteroatoms. The first-order valence-electron chi connectivity index (χ1n) is 10.3. The lowest BCUT2D eigenvalue weighted by molar-refractivity contribution is -0.137. The Hall–Kier alpha value is -3.88. The number of benzene rings is 2. The average Bonchev–Trinajstić information content (AvgIpc) is 2.83. The van der Waals surface area contributed by atoms with Crippen molar-refractivity contribution >= 4 is 17.6 Å². The van der Waals surface area contributed by atoms with Crippen molar-refractivity contribution in [2.45, 2.75) is 26.4 Å². The summed E-state index contributed by atoms with van der Waals surface area (Å²) in [7, 11) is 3.96. The summed E-state index contributed by atoms with van der Waals surface area (Å²) in [5.74, 6) is -2.04. The Morgan fingerprint density at radius 1 is 0.853 bits per heavy atom. The number of hydrogen-bond donors (Lipinski definition) is 0. The molecular weight excluding hydrogens is 448 g/mol. The first-order chi connectivity index (χ1) is 16.2. The molecule has 2 aromatic carbocycles. The number of para-hydroxylation sites is 1. The second-order valence-corrected chi connectivity index (χ2v) is 7.36. The minimum Gasteiger partial charge on any atom is -0.497 e. The molecule has 7 nitrogen and oxygen atoms in total. The van der Waals surface area contributed by atoms with Crippen molar-refractivity contribution in [3.05, 3.63) is 76.6 Å². The van der Waals surface area contributed by atoms with Gasteiger partial charge in [0.25, 0.3) is 0 Å². The summed E-state index contributed by atoms with van der Waals surface area (Å²) in [5, 5.41) is 0. The van der Waals surface area contributed by atoms with Gasteiger partial charge in [0.15, 0.2) is 0 Å². The van der Waals surface area contributed by atoms with Crippen LogP contribution >= 0.6 is 0 Å². The molecule has 0 spiro atoms. The van der Waals surface area contributed by atoms with Gasteiger partial charge in [0, 0.05) is 22.6 Å². The molecule has 0 aromatic heterocycles. The molecule has 0 atom stereocenters. The molecule has 1 aliphatic heterocycles. The lowest BCUT2D eigenvalue weighted by Gasteiger charge is -2.38. The zero-order valence-electron chi connectivity index (χ0n) is 19.4. The van der Waals surface area contributed by atoms with Gasteiger partial charge in [0.1, 0.15) is 11.5 Å². The van der Waals surface area contributed by atoms with E-state index in [0.717, 1.165) is 0 Å². The smallest absolute Gasteiger partial charge is 0.387 e. The quantitative estimate of drug-likeness (QED) is 0.535. The SMILES string of the molecule is COC(=O)C1=C(C)N(c2ccc(OC)cc2)C(C)=C(C(=O)OC)C1c1ccccc1OC(F)F. The van der Waals surface area contributed by atoms with Crippen LogP contribution in [0.2, 0.25) is 0 Å². The molecule has 34 heavy (non-hydrogen) atoms. The highest BCUT2D eigenvalue weighted by Gasteiger charge is 2.42. The van der Waals surface area contributed by atoms with Crippen LogP contribution in [-0.2, 0) is 19.1 Å². The molecule has 0 N–H and O–H groups in total. The number of nitrogens with zero attached hydrogens (tertiary/aromatic N) is 1. The number of hydrogen-bond acceptors (Lipinski definition) is 7. The molecular formula is C25H25F2NO6. The zero-order chi connectivity index (χ0) is 25.0. The van der Waals surface area contributed by atoms with Crippen LogP contribution in [0.15, 0.2) is 71.1 Å². The van der Waals surface area contributed by atoms with Crippen LogP contribution in [0.5, 0.6) is 11.5 Å². The Bertz CT molecular complexity index is 1100. The molecule has 1 heterocycles. The summed E-state index contributed by atoms with van der Waals surface area (Å²) in [4.78, 5) is 27.8. The number of methoxy groups -OCH3 is 3. The average molecular weight is 473 g/mol. The zero-order valence-corrected chi connectivity index (χ0v) is 19.4. The molecule has 0 radical (unpaired) electrons. The van der Waals surface area contributed by atoms with Crippen LogP contribution in [0, 0.1) is 0 Å². The molecule has 3 rings (SSSR count). The highest BCUT2D eigenvalue weighted by molar-refractivity contribution is 6.01. The van der Waals surface area contributed by atoms with Gasteiger partial charge in [-0.05, 0) is 44.2 Å². The first-order valence-corrected chi connectivity index (χ1v) is 10.3. The van der Waals surface area contributed by atoms with Crippen LogP contribution in [0.3, 0.4) is 0 Å². The van der Waals surface area contributed by atoms with E-state index in [0.29, 0.717) is 22.8 Å². The summed E-state index contributed by atoms with van der Waals surface area (Å²) >= 11 is 0. The third-order valence-electron chi connectivity index (χ3n) is 5.62. The van der Waals surface area contributed by atoms with Crippen molar-refractivity contribution in [3.8, 4) is 11.5 Å². The minimum atomic E-state index is -3.10. The molecule has 1 aliphatic rings. The van der Waals surface area contributed by atoms with Gasteiger partial charge < -0.3 is 23.8 Å². The van der Waals surface area contributed by atoms with Gasteiger partial charge in [-0.15, -0.1) is 0 Å². The molecule has 0 aliphatic carbocycles. The Balaban J connectivity index is 2.33. The van der Waals surface area contributed by atoms with Gasteiger partial charge in [0.2, 0.25) is 0 Å². The lowest BCUT2D eigenvalue weighted by Crippen LogP contribution is -2.35. The number of esters is 2. The van der Waals surface area contributed by atoms with E-state index in [1.165, 1.54) is 32.4 Å². The van der Waals surface area contributed by atoms with Crippen LogP contribution < -0.4 is 14.4 Å². The second kappa shape index (κ2) is 10.4. The largest absolute Gasteiger partial charge is 0.497 e. The monoisotopic (exact) mass is 473 g/mol. The third kappa shape index (κ3) is 4.59. The fourth-order valence-electron chi connectivity index (χ4n) is 4.16. The number of allylic oxidation sites excluding steroid dienone is 2. The fraction of sp³-hybridized carbons (Fsp3) is 0.280. The number of alkyl halides is 2. The number of anilines is 1. The summed E-state index contributed by atoms with van der Waals surface area (Å²) < 4.78 is 46.3. The maximum absolute atomic E-state index is 13.2. The predicted octanol–water partition coefficient (Wildman–Crippen LogP) is 4.79. The Morgan fingerprint density at radius 2 is 1.38 bits per heavy atom. The summed E-state index contributed by atoms with van der Waals surface area (Å²) in [6.45, 7) is 0.286. The van der Waals surface area contributed by atoms with Gasteiger partial charge in [-0.1, -0.05) is 18.2 Å². The maximum atomic E-state index is 13.2. The highest BCUT2D eigenvalue weighted by atomic mass is 19.3. The van der Waals surface area contributed by atoms with E-state index >= 15 is 0 Å². The van der Waals surface area contributed by atoms with E-state index in [9.17, 15) is 18.4 Å². The number of rotatable bonds is 7. The predicted molar refractivity (Wildman–Crippen MR) is 121 cm³/mol. The number of halogens is 2. The standard InChI is InChI=1S/C25H25F2NO6/c1-14-20(23(29)32-4)22(18-8-6-7-9-19(18)34-25(26)27)21(24(30)33-5)15(2)28(14)16-10-12-17(31-3)13-11-16/h6-13,22,25H,1-5H3. The topological polar surface area (TPSA) is 74.3 Å². The Morgan fingerprint density at radius 3 is 1.85 bits per heavy atom. The maximum Gasteiger partial charge on any atom is 0.387 e. The molecule has 0 bridgehead atoms. The van der Waals surface area contributed by atoms with Crippen molar-refractivity contribution in [1.82, 2.24) is 0 Å². The number of carbonyl (C=O) groups is 2. The van der Waals surface area contributed by atoms with Crippen LogP contribution in [0.25, 0.3) is 0 Å². The molecule has 2 aromatic rings. The summed E-state index contributed by atoms with van der Waals surface area (Å²) in [5.41, 5.74) is 1.95. The van der Waals surface area contributed by atoms with Crippen molar-refractivity contribution < 1.29 is 37.3 Å². The van der Waals surface area contributed by atoms with E-state index < -0.39 is 24.5 Å². The molecule has 0 amide bonds. The first kappa shape index (κ1) is 24.8. The van der Waals surface area contributed by atoms with E-state index in [2.05, 4.69) is 0 Å². The minimum absolute atomic E-state index is 0.0923. The number of ether oxygens (including phenoxy) is 4.